The maximum atomic E-state index is 14.5. The van der Waals surface area contributed by atoms with Crippen LogP contribution in [0.2, 0.25) is 0 Å². The van der Waals surface area contributed by atoms with Gasteiger partial charge in [0.15, 0.2) is 0 Å². The predicted molar refractivity (Wildman–Crippen MR) is 135 cm³/mol. The first-order valence-corrected chi connectivity index (χ1v) is 12.5. The minimum absolute atomic E-state index is 0.0463. The molecule has 0 bridgehead atoms. The summed E-state index contributed by atoms with van der Waals surface area (Å²) in [4.78, 5) is 32.4. The summed E-state index contributed by atoms with van der Waals surface area (Å²) in [7, 11) is 0. The Morgan fingerprint density at radius 1 is 0.975 bits per heavy atom. The molecule has 3 heterocycles. The van der Waals surface area contributed by atoms with Crippen LogP contribution < -0.4 is 5.32 Å². The van der Waals surface area contributed by atoms with Crippen molar-refractivity contribution >= 4 is 23.5 Å². The molecule has 2 atom stereocenters. The molecule has 40 heavy (non-hydrogen) atoms. The van der Waals surface area contributed by atoms with E-state index >= 15 is 0 Å². The molecule has 2 aromatic carbocycles. The molecular weight excluding hydrogens is 536 g/mol. The van der Waals surface area contributed by atoms with E-state index in [1.165, 1.54) is 18.5 Å². The van der Waals surface area contributed by atoms with Crippen molar-refractivity contribution in [3.63, 3.8) is 0 Å². The van der Waals surface area contributed by atoms with E-state index in [0.717, 1.165) is 5.56 Å². The molecule has 1 fully saturated rings. The van der Waals surface area contributed by atoms with Crippen LogP contribution in [0.15, 0.2) is 77.1 Å². The maximum absolute atomic E-state index is 14.5. The second-order valence-electron chi connectivity index (χ2n) is 10.1. The number of amides is 1. The minimum Gasteiger partial charge on any atom is -0.312 e. The number of Topliss-reactive ketones (excluding diaryl/α,β-unsaturated/α-hetero) is 1. The van der Waals surface area contributed by atoms with E-state index in [-0.39, 0.29) is 29.4 Å². The van der Waals surface area contributed by atoms with Gasteiger partial charge in [-0.3, -0.25) is 9.79 Å². The molecule has 0 spiro atoms. The summed E-state index contributed by atoms with van der Waals surface area (Å²) in [5.74, 6) is -1.61. The third-order valence-electron chi connectivity index (χ3n) is 7.39. The van der Waals surface area contributed by atoms with Crippen LogP contribution in [0.3, 0.4) is 0 Å². The fourth-order valence-electron chi connectivity index (χ4n) is 5.47. The Kier molecular flexibility index (Phi) is 6.91. The molecule has 208 valence electrons. The smallest absolute Gasteiger partial charge is 0.312 e. The highest BCUT2D eigenvalue weighted by Gasteiger charge is 2.54. The number of aryl methyl sites for hydroxylation is 1. The summed E-state index contributed by atoms with van der Waals surface area (Å²) in [5.41, 5.74) is -1.47. The Bertz CT molecular complexity index is 1470. The van der Waals surface area contributed by atoms with Crippen LogP contribution in [-0.2, 0) is 28.5 Å². The Hall–Kier alpha value is -3.83. The molecule has 0 aromatic heterocycles. The molecule has 0 radical (unpaired) electrons. The van der Waals surface area contributed by atoms with Crippen molar-refractivity contribution in [2.45, 2.75) is 25.8 Å². The second kappa shape index (κ2) is 9.97. The first-order valence-electron chi connectivity index (χ1n) is 12.5. The van der Waals surface area contributed by atoms with Crippen LogP contribution in [-0.4, -0.2) is 42.0 Å². The van der Waals surface area contributed by atoms with Gasteiger partial charge in [0.1, 0.15) is 6.54 Å². The number of quaternary nitrogens is 1. The number of hydrogen-bond acceptors (Lipinski definition) is 4. The minimum atomic E-state index is -5.06. The van der Waals surface area contributed by atoms with Crippen LogP contribution in [0.25, 0.3) is 5.57 Å². The van der Waals surface area contributed by atoms with E-state index in [4.69, 9.17) is 0 Å². The summed E-state index contributed by atoms with van der Waals surface area (Å²) in [6, 6.07) is 8.20. The zero-order chi connectivity index (χ0) is 28.9. The maximum Gasteiger partial charge on any atom is 0.416 e. The standard InChI is InChI=1S/C29H24F6N3O2/c1-17-2-4-19(5-3-17)24-7-9-37-14-25-26(39)23-6-8-36-13-20(23)16-38(25,27(24)40)15-18-10-21(28(30,31)32)12-22(11-18)29(33,34)35/h2-7,9-12,14,20,36H,8,13,15-16H2,1H3/q+1/b24-7-,25-14-,37-9+. The molecule has 5 nitrogen and oxygen atoms in total. The van der Waals surface area contributed by atoms with Crippen molar-refractivity contribution in [1.29, 1.82) is 0 Å². The number of halogens is 6. The van der Waals surface area contributed by atoms with Gasteiger partial charge < -0.3 is 5.32 Å². The normalized spacial score (nSPS) is 26.8. The molecule has 3 aliphatic rings. The van der Waals surface area contributed by atoms with Gasteiger partial charge in [0.05, 0.1) is 35.4 Å². The van der Waals surface area contributed by atoms with E-state index < -0.39 is 52.1 Å². The lowest BCUT2D eigenvalue weighted by Gasteiger charge is -2.44. The van der Waals surface area contributed by atoms with Crippen LogP contribution in [0.5, 0.6) is 0 Å². The topological polar surface area (TPSA) is 58.5 Å². The lowest BCUT2D eigenvalue weighted by atomic mass is 9.83. The molecule has 2 unspecified atom stereocenters. The fourth-order valence-corrected chi connectivity index (χ4v) is 5.47. The third-order valence-corrected chi connectivity index (χ3v) is 7.39. The van der Waals surface area contributed by atoms with Gasteiger partial charge in [0.25, 0.3) is 0 Å². The highest BCUT2D eigenvalue weighted by Crippen LogP contribution is 2.42. The number of fused-ring (bicyclic) bond motifs is 2. The van der Waals surface area contributed by atoms with Crippen LogP contribution in [0.4, 0.5) is 26.3 Å². The first kappa shape index (κ1) is 27.7. The number of aliphatic imine (C=N–C) groups is 1. The van der Waals surface area contributed by atoms with Crippen molar-refractivity contribution in [2.24, 2.45) is 10.9 Å². The van der Waals surface area contributed by atoms with E-state index in [9.17, 15) is 35.9 Å². The van der Waals surface area contributed by atoms with Gasteiger partial charge >= 0.3 is 18.3 Å². The van der Waals surface area contributed by atoms with Gasteiger partial charge in [-0.25, -0.2) is 9.28 Å². The summed E-state index contributed by atoms with van der Waals surface area (Å²) in [6.45, 7) is 1.94. The monoisotopic (exact) mass is 560 g/mol. The molecule has 3 aliphatic heterocycles. The zero-order valence-electron chi connectivity index (χ0n) is 21.2. The molecule has 11 heteroatoms. The molecule has 1 saturated heterocycles. The molecule has 1 N–H and O–H groups in total. The Labute approximate surface area is 225 Å². The fraction of sp³-hybridized carbons (Fsp3) is 0.276. The number of ketones is 1. The molecule has 2 aromatic rings. The van der Waals surface area contributed by atoms with Gasteiger partial charge in [-0.2, -0.15) is 26.3 Å². The number of piperidine rings is 1. The summed E-state index contributed by atoms with van der Waals surface area (Å²) < 4.78 is 81.3. The number of carbonyl (C=O) groups is 2. The number of nitrogens with one attached hydrogen (secondary N) is 1. The molecule has 1 amide bonds. The summed E-state index contributed by atoms with van der Waals surface area (Å²) >= 11 is 0. The van der Waals surface area contributed by atoms with Crippen molar-refractivity contribution in [2.75, 3.05) is 19.6 Å². The number of rotatable bonds is 3. The Balaban J connectivity index is 1.72. The number of allylic oxidation sites excluding steroid dienone is 2. The van der Waals surface area contributed by atoms with Crippen molar-refractivity contribution < 1.29 is 40.4 Å². The predicted octanol–water partition coefficient (Wildman–Crippen LogP) is 5.61. The lowest BCUT2D eigenvalue weighted by Crippen LogP contribution is -2.61. The third kappa shape index (κ3) is 5.06. The largest absolute Gasteiger partial charge is 0.416 e. The molecular formula is C29H24F6N3O2+. The first-order chi connectivity index (χ1) is 18.8. The second-order valence-corrected chi connectivity index (χ2v) is 10.1. The number of alkyl halides is 6. The number of benzene rings is 2. The zero-order valence-corrected chi connectivity index (χ0v) is 21.2. The lowest BCUT2D eigenvalue weighted by molar-refractivity contribution is -0.827. The highest BCUT2D eigenvalue weighted by atomic mass is 19.4. The average molecular weight is 561 g/mol. The SMILES string of the molecule is Cc1ccc(/C2=C/C=N/C=C3/C(=O)C4=CCNCC4C[N+]3(Cc3cc(C(F)(F)F)cc(C(F)(F)F)c3)C2=O)cc1. The summed E-state index contributed by atoms with van der Waals surface area (Å²) in [6.07, 6.45) is -4.44. The molecule has 5 rings (SSSR count). The number of nitrogens with zero attached hydrogens (tertiary/aromatic N) is 2. The molecule has 0 aliphatic carbocycles. The van der Waals surface area contributed by atoms with Crippen molar-refractivity contribution in [3.8, 4) is 0 Å². The van der Waals surface area contributed by atoms with Crippen LogP contribution in [0.1, 0.15) is 27.8 Å². The number of hydrogen-bond donors (Lipinski definition) is 1. The van der Waals surface area contributed by atoms with Gasteiger partial charge in [-0.1, -0.05) is 35.9 Å². The summed E-state index contributed by atoms with van der Waals surface area (Å²) in [5, 5.41) is 3.12. The van der Waals surface area contributed by atoms with Gasteiger partial charge in [-0.05, 0) is 36.8 Å². The van der Waals surface area contributed by atoms with Gasteiger partial charge in [0, 0.05) is 30.4 Å². The average Bonchev–Trinajstić information content (AvgIpc) is 2.88. The van der Waals surface area contributed by atoms with E-state index in [2.05, 4.69) is 10.3 Å². The van der Waals surface area contributed by atoms with Gasteiger partial charge in [0.2, 0.25) is 11.5 Å². The van der Waals surface area contributed by atoms with Crippen LogP contribution >= 0.6 is 0 Å². The quantitative estimate of drug-likeness (QED) is 0.392. The molecule has 0 saturated carbocycles. The van der Waals surface area contributed by atoms with Crippen molar-refractivity contribution in [1.82, 2.24) is 5.32 Å². The van der Waals surface area contributed by atoms with Crippen LogP contribution in [0, 0.1) is 12.8 Å². The Morgan fingerprint density at radius 3 is 2.25 bits per heavy atom. The van der Waals surface area contributed by atoms with E-state index in [1.807, 2.05) is 6.92 Å². The van der Waals surface area contributed by atoms with E-state index in [0.29, 0.717) is 36.4 Å². The highest BCUT2D eigenvalue weighted by molar-refractivity contribution is 6.21. The van der Waals surface area contributed by atoms with E-state index in [1.54, 1.807) is 30.3 Å². The Morgan fingerprint density at radius 2 is 1.62 bits per heavy atom. The number of carbonyl (C=O) groups excluding carboxylic acids is 2. The van der Waals surface area contributed by atoms with Gasteiger partial charge in [-0.15, -0.1) is 0 Å². The van der Waals surface area contributed by atoms with Crippen molar-refractivity contribution in [3.05, 3.63) is 99.9 Å².